The molecular formula is C24H17FN4O2S2. The van der Waals surface area contributed by atoms with Crippen LogP contribution in [0.2, 0.25) is 0 Å². The zero-order valence-electron chi connectivity index (χ0n) is 17.2. The van der Waals surface area contributed by atoms with Crippen molar-refractivity contribution < 1.29 is 9.18 Å². The first-order valence-corrected chi connectivity index (χ1v) is 11.9. The van der Waals surface area contributed by atoms with Gasteiger partial charge in [0.25, 0.3) is 5.56 Å². The third-order valence-corrected chi connectivity index (χ3v) is 7.03. The Morgan fingerprint density at radius 1 is 1.06 bits per heavy atom. The van der Waals surface area contributed by atoms with Crippen LogP contribution < -0.4 is 10.9 Å². The fourth-order valence-electron chi connectivity index (χ4n) is 3.41. The normalized spacial score (nSPS) is 11.2. The van der Waals surface area contributed by atoms with E-state index >= 15 is 0 Å². The number of thioether (sulfide) groups is 1. The molecule has 0 bridgehead atoms. The van der Waals surface area contributed by atoms with Gasteiger partial charge in [-0.25, -0.2) is 14.4 Å². The maximum Gasteiger partial charge on any atom is 0.272 e. The van der Waals surface area contributed by atoms with Gasteiger partial charge in [-0.3, -0.25) is 14.2 Å². The topological polar surface area (TPSA) is 76.9 Å². The molecule has 5 aromatic rings. The fraction of sp³-hybridized carbons (Fsp3) is 0.0833. The molecule has 2 aromatic carbocycles. The number of fused-ring (bicyclic) bond motifs is 3. The molecule has 33 heavy (non-hydrogen) atoms. The number of carbonyl (C=O) groups excluding carboxylic acids is 1. The lowest BCUT2D eigenvalue weighted by atomic mass is 10.2. The van der Waals surface area contributed by atoms with Crippen molar-refractivity contribution >= 4 is 55.1 Å². The van der Waals surface area contributed by atoms with Crippen molar-refractivity contribution in [1.29, 1.82) is 0 Å². The zero-order valence-corrected chi connectivity index (χ0v) is 18.8. The van der Waals surface area contributed by atoms with E-state index in [9.17, 15) is 14.0 Å². The van der Waals surface area contributed by atoms with E-state index in [0.29, 0.717) is 21.1 Å². The molecule has 0 unspecified atom stereocenters. The van der Waals surface area contributed by atoms with Gasteiger partial charge in [0, 0.05) is 17.3 Å². The number of aromatic nitrogens is 3. The van der Waals surface area contributed by atoms with Crippen LogP contribution in [-0.2, 0) is 11.3 Å². The van der Waals surface area contributed by atoms with E-state index in [1.54, 1.807) is 24.4 Å². The number of anilines is 1. The first kappa shape index (κ1) is 21.3. The molecule has 0 spiro atoms. The molecule has 6 nitrogen and oxygen atoms in total. The summed E-state index contributed by atoms with van der Waals surface area (Å²) in [4.78, 5) is 35.8. The number of rotatable bonds is 6. The molecule has 0 atom stereocenters. The van der Waals surface area contributed by atoms with Crippen LogP contribution in [-0.4, -0.2) is 26.2 Å². The molecule has 0 aliphatic rings. The number of thiophene rings is 1. The largest absolute Gasteiger partial charge is 0.325 e. The van der Waals surface area contributed by atoms with Crippen molar-refractivity contribution in [2.75, 3.05) is 11.1 Å². The van der Waals surface area contributed by atoms with Gasteiger partial charge in [-0.1, -0.05) is 42.1 Å². The minimum Gasteiger partial charge on any atom is -0.325 e. The molecule has 3 heterocycles. The second kappa shape index (κ2) is 9.13. The van der Waals surface area contributed by atoms with Crippen molar-refractivity contribution in [2.24, 2.45) is 0 Å². The van der Waals surface area contributed by atoms with Gasteiger partial charge in [-0.05, 0) is 42.0 Å². The average molecular weight is 477 g/mol. The SMILES string of the molecule is O=C(CSc1nc2c(sc3ncccc32)c(=O)n1Cc1ccc(F)cc1)Nc1ccccc1. The van der Waals surface area contributed by atoms with Crippen LogP contribution in [0.15, 0.2) is 82.9 Å². The molecular weight excluding hydrogens is 459 g/mol. The lowest BCUT2D eigenvalue weighted by molar-refractivity contribution is -0.113. The number of para-hydroxylation sites is 1. The number of hydrogen-bond donors (Lipinski definition) is 1. The van der Waals surface area contributed by atoms with E-state index in [1.807, 2.05) is 36.4 Å². The molecule has 1 amide bonds. The standard InChI is InChI=1S/C24H17FN4O2S2/c25-16-10-8-15(9-11-16)13-29-23(31)21-20(18-7-4-12-26-22(18)33-21)28-24(29)32-14-19(30)27-17-5-2-1-3-6-17/h1-12H,13-14H2,(H,27,30). The molecule has 164 valence electrons. The Labute approximate surface area is 196 Å². The number of nitrogens with one attached hydrogen (secondary N) is 1. The Bertz CT molecular complexity index is 1520. The lowest BCUT2D eigenvalue weighted by Crippen LogP contribution is -2.24. The van der Waals surface area contributed by atoms with E-state index in [4.69, 9.17) is 4.98 Å². The Hall–Kier alpha value is -3.56. The maximum absolute atomic E-state index is 13.4. The second-order valence-electron chi connectivity index (χ2n) is 7.25. The monoisotopic (exact) mass is 476 g/mol. The van der Waals surface area contributed by atoms with E-state index in [-0.39, 0.29) is 29.6 Å². The first-order valence-electron chi connectivity index (χ1n) is 10.1. The van der Waals surface area contributed by atoms with Gasteiger partial charge in [0.05, 0.1) is 17.8 Å². The van der Waals surface area contributed by atoms with Crippen LogP contribution in [0.3, 0.4) is 0 Å². The van der Waals surface area contributed by atoms with Gasteiger partial charge in [0.15, 0.2) is 5.16 Å². The Kier molecular flexibility index (Phi) is 5.89. The third-order valence-electron chi connectivity index (χ3n) is 4.96. The van der Waals surface area contributed by atoms with Gasteiger partial charge >= 0.3 is 0 Å². The summed E-state index contributed by atoms with van der Waals surface area (Å²) in [5.41, 5.74) is 1.83. The van der Waals surface area contributed by atoms with E-state index in [2.05, 4.69) is 10.3 Å². The molecule has 0 aliphatic carbocycles. The Balaban J connectivity index is 1.52. The number of hydrogen-bond acceptors (Lipinski definition) is 6. The minimum absolute atomic E-state index is 0.0799. The van der Waals surface area contributed by atoms with Crippen LogP contribution >= 0.6 is 23.1 Å². The first-order chi connectivity index (χ1) is 16.1. The van der Waals surface area contributed by atoms with E-state index in [1.165, 1.54) is 39.8 Å². The smallest absolute Gasteiger partial charge is 0.272 e. The number of nitrogens with zero attached hydrogens (tertiary/aromatic N) is 3. The summed E-state index contributed by atoms with van der Waals surface area (Å²) in [6.07, 6.45) is 1.68. The van der Waals surface area contributed by atoms with Crippen molar-refractivity contribution in [2.45, 2.75) is 11.7 Å². The summed E-state index contributed by atoms with van der Waals surface area (Å²) in [5.74, 6) is -0.468. The number of carbonyl (C=O) groups is 1. The minimum atomic E-state index is -0.345. The van der Waals surface area contributed by atoms with Gasteiger partial charge in [0.2, 0.25) is 5.91 Å². The molecule has 1 N–H and O–H groups in total. The predicted octanol–water partition coefficient (Wildman–Crippen LogP) is 4.92. The molecule has 0 saturated carbocycles. The summed E-state index contributed by atoms with van der Waals surface area (Å²) >= 11 is 2.48. The highest BCUT2D eigenvalue weighted by Gasteiger charge is 2.18. The summed E-state index contributed by atoms with van der Waals surface area (Å²) in [5, 5.41) is 4.06. The highest BCUT2D eigenvalue weighted by Crippen LogP contribution is 2.30. The van der Waals surface area contributed by atoms with Gasteiger partial charge in [-0.2, -0.15) is 0 Å². The van der Waals surface area contributed by atoms with Crippen LogP contribution in [0.5, 0.6) is 0 Å². The Morgan fingerprint density at radius 2 is 1.85 bits per heavy atom. The molecule has 9 heteroatoms. The quantitative estimate of drug-likeness (QED) is 0.278. The number of amides is 1. The second-order valence-corrected chi connectivity index (χ2v) is 9.19. The van der Waals surface area contributed by atoms with Crippen LogP contribution in [0.1, 0.15) is 5.56 Å². The maximum atomic E-state index is 13.4. The van der Waals surface area contributed by atoms with E-state index in [0.717, 1.165) is 15.8 Å². The van der Waals surface area contributed by atoms with Crippen molar-refractivity contribution in [3.8, 4) is 0 Å². The lowest BCUT2D eigenvalue weighted by Gasteiger charge is -2.12. The fourth-order valence-corrected chi connectivity index (χ4v) is 5.23. The molecule has 3 aromatic heterocycles. The summed E-state index contributed by atoms with van der Waals surface area (Å²) in [6.45, 7) is 0.215. The molecule has 5 rings (SSSR count). The van der Waals surface area contributed by atoms with Crippen molar-refractivity contribution in [1.82, 2.24) is 14.5 Å². The van der Waals surface area contributed by atoms with Crippen LogP contribution in [0.4, 0.5) is 10.1 Å². The predicted molar refractivity (Wildman–Crippen MR) is 130 cm³/mol. The van der Waals surface area contributed by atoms with Gasteiger partial charge in [0.1, 0.15) is 15.3 Å². The molecule has 0 fully saturated rings. The highest BCUT2D eigenvalue weighted by molar-refractivity contribution is 7.99. The van der Waals surface area contributed by atoms with Crippen LogP contribution in [0, 0.1) is 5.82 Å². The van der Waals surface area contributed by atoms with Gasteiger partial charge < -0.3 is 5.32 Å². The number of pyridine rings is 1. The molecule has 0 saturated heterocycles. The van der Waals surface area contributed by atoms with Crippen LogP contribution in [0.25, 0.3) is 20.4 Å². The van der Waals surface area contributed by atoms with Crippen molar-refractivity contribution in [3.63, 3.8) is 0 Å². The third kappa shape index (κ3) is 4.50. The molecule has 0 radical (unpaired) electrons. The van der Waals surface area contributed by atoms with E-state index < -0.39 is 0 Å². The zero-order chi connectivity index (χ0) is 22.8. The Morgan fingerprint density at radius 3 is 2.64 bits per heavy atom. The average Bonchev–Trinajstić information content (AvgIpc) is 3.21. The summed E-state index contributed by atoms with van der Waals surface area (Å²) < 4.78 is 15.4. The number of halogens is 1. The summed E-state index contributed by atoms with van der Waals surface area (Å²) in [6, 6.07) is 18.8. The van der Waals surface area contributed by atoms with Crippen molar-refractivity contribution in [3.05, 3.63) is 94.7 Å². The molecule has 0 aliphatic heterocycles. The highest BCUT2D eigenvalue weighted by atomic mass is 32.2. The summed E-state index contributed by atoms with van der Waals surface area (Å²) in [7, 11) is 0. The van der Waals surface area contributed by atoms with Gasteiger partial charge in [-0.15, -0.1) is 11.3 Å². The number of benzene rings is 2.